The Bertz CT molecular complexity index is 5290. The topological polar surface area (TPSA) is 242 Å². The van der Waals surface area contributed by atoms with E-state index in [1.165, 1.54) is 36.4 Å². The van der Waals surface area contributed by atoms with Crippen molar-refractivity contribution in [2.24, 2.45) is 0 Å². The number of pyridine rings is 3. The van der Waals surface area contributed by atoms with Crippen LogP contribution in [-0.2, 0) is 74.4 Å². The van der Waals surface area contributed by atoms with Crippen molar-refractivity contribution in [3.05, 3.63) is 122 Å². The molecule has 0 unspecified atom stereocenters. The number of anilines is 3. The molecule has 12 atom stereocenters. The fraction of sp³-hybridized carbons (Fsp3) is 0.589. The quantitative estimate of drug-likeness (QED) is 0.0221. The van der Waals surface area contributed by atoms with Gasteiger partial charge in [-0.1, -0.05) is 80.8 Å². The van der Waals surface area contributed by atoms with Gasteiger partial charge in [-0.15, -0.1) is 0 Å². The van der Waals surface area contributed by atoms with Crippen LogP contribution in [0.15, 0.2) is 72.8 Å². The molecule has 0 aliphatic carbocycles. The molecule has 26 nitrogen and oxygen atoms in total. The van der Waals surface area contributed by atoms with Crippen LogP contribution in [0.1, 0.15) is 52.7 Å². The second-order valence-corrected chi connectivity index (χ2v) is 63.0. The molecule has 2 N–H and O–H groups in total. The summed E-state index contributed by atoms with van der Waals surface area (Å²) in [6.07, 6.45) is -3.86. The van der Waals surface area contributed by atoms with Gasteiger partial charge in [-0.3, -0.25) is 9.13 Å². The molecule has 15 heterocycles. The van der Waals surface area contributed by atoms with Crippen molar-refractivity contribution in [2.75, 3.05) is 146 Å². The van der Waals surface area contributed by atoms with Gasteiger partial charge in [0, 0.05) is 96.8 Å². The van der Waals surface area contributed by atoms with Crippen molar-refractivity contribution in [1.82, 2.24) is 29.1 Å². The third-order valence-electron chi connectivity index (χ3n) is 27.3. The van der Waals surface area contributed by atoms with E-state index in [4.69, 9.17) is 85.1 Å². The molecule has 6 aromatic heterocycles. The predicted octanol–water partition coefficient (Wildman–Crippen LogP) is 17.6. The number of rotatable bonds is 26. The van der Waals surface area contributed by atoms with Gasteiger partial charge in [0.1, 0.15) is 100 Å². The van der Waals surface area contributed by atoms with E-state index in [0.29, 0.717) is 187 Å². The molecule has 720 valence electrons. The van der Waals surface area contributed by atoms with Crippen molar-refractivity contribution in [3.8, 4) is 51.4 Å². The number of aromatic nitrogens is 6. The highest BCUT2D eigenvalue weighted by molar-refractivity contribution is 14.1. The first-order valence-electron chi connectivity index (χ1n) is 46.1. The van der Waals surface area contributed by atoms with E-state index in [1.54, 1.807) is 24.3 Å². The number of ether oxygens (including phenoxy) is 14. The van der Waals surface area contributed by atoms with E-state index in [-0.39, 0.29) is 125 Å². The Hall–Kier alpha value is -6.85. The molecule has 9 aliphatic heterocycles. The number of hydrogen-bond donors (Lipinski definition) is 2. The Balaban J connectivity index is 0.000000147. The number of aliphatic hydroxyl groups is 1. The molecular formula is C95H128F6IN9O17Si4. The molecule has 0 bridgehead atoms. The molecule has 9 saturated heterocycles. The lowest BCUT2D eigenvalue weighted by Gasteiger charge is -2.39. The fourth-order valence-corrected chi connectivity index (χ4v) is 22.6. The first-order valence-corrected chi connectivity index (χ1v) is 60.4. The summed E-state index contributed by atoms with van der Waals surface area (Å²) in [5, 5.41) is 10.1. The summed E-state index contributed by atoms with van der Waals surface area (Å²) >= 11 is 2.21. The summed E-state index contributed by atoms with van der Waals surface area (Å²) in [5.41, 5.74) is 7.06. The van der Waals surface area contributed by atoms with Crippen LogP contribution in [0.4, 0.5) is 43.4 Å². The maximum absolute atomic E-state index is 15.6. The first-order chi connectivity index (χ1) is 62.6. The van der Waals surface area contributed by atoms with Gasteiger partial charge in [-0.2, -0.15) is 0 Å². The number of aliphatic hydroxyl groups excluding tert-OH is 1. The van der Waals surface area contributed by atoms with E-state index in [0.717, 1.165) is 32.3 Å². The molecular weight excluding hydrogens is 1890 g/mol. The number of hydrogen-bond acceptors (Lipinski definition) is 23. The minimum atomic E-state index is -2.04. The van der Waals surface area contributed by atoms with Crippen LogP contribution in [0.25, 0.3) is 66.9 Å². The van der Waals surface area contributed by atoms with Crippen LogP contribution in [0.5, 0.6) is 17.6 Å². The molecule has 0 saturated carbocycles. The summed E-state index contributed by atoms with van der Waals surface area (Å²) in [4.78, 5) is 23.2. The molecule has 37 heteroatoms. The lowest BCUT2D eigenvalue weighted by Crippen LogP contribution is -2.47. The monoisotopic (exact) mass is 2020 g/mol. The largest absolute Gasteiger partial charge is 0.470 e. The van der Waals surface area contributed by atoms with Gasteiger partial charge < -0.3 is 100.0 Å². The molecule has 9 aromatic rings. The normalized spacial score (nSPS) is 24.3. The zero-order valence-corrected chi connectivity index (χ0v) is 85.2. The second kappa shape index (κ2) is 39.9. The number of aromatic amines is 1. The van der Waals surface area contributed by atoms with Crippen molar-refractivity contribution in [2.45, 2.75) is 230 Å². The first kappa shape index (κ1) is 98.2. The highest BCUT2D eigenvalue weighted by Crippen LogP contribution is 2.47. The van der Waals surface area contributed by atoms with Gasteiger partial charge >= 0.3 is 0 Å². The summed E-state index contributed by atoms with van der Waals surface area (Å²) < 4.78 is 195. The van der Waals surface area contributed by atoms with Crippen molar-refractivity contribution < 1.29 is 107 Å². The number of H-pyrrole nitrogens is 1. The van der Waals surface area contributed by atoms with Crippen LogP contribution in [0.2, 0.25) is 87.6 Å². The average molecular weight is 2020 g/mol. The average Bonchev–Trinajstić information content (AvgIpc) is 1.60. The van der Waals surface area contributed by atoms with Crippen LogP contribution in [-0.4, -0.2) is 272 Å². The van der Waals surface area contributed by atoms with Gasteiger partial charge in [-0.25, -0.2) is 41.3 Å². The second-order valence-electron chi connectivity index (χ2n) is 41.2. The van der Waals surface area contributed by atoms with E-state index in [2.05, 4.69) is 140 Å². The highest BCUT2D eigenvalue weighted by atomic mass is 127. The minimum Gasteiger partial charge on any atom is -0.470 e. The lowest BCUT2D eigenvalue weighted by atomic mass is 10.1. The molecule has 0 amide bonds. The van der Waals surface area contributed by atoms with Crippen molar-refractivity contribution >= 4 is 106 Å². The van der Waals surface area contributed by atoms with Crippen LogP contribution in [0, 0.1) is 52.3 Å². The van der Waals surface area contributed by atoms with E-state index in [1.807, 2.05) is 49.8 Å². The van der Waals surface area contributed by atoms with Crippen molar-refractivity contribution in [1.29, 1.82) is 0 Å². The number of morpholine rings is 3. The molecule has 9 aliphatic rings. The molecule has 9 fully saturated rings. The summed E-state index contributed by atoms with van der Waals surface area (Å²) in [5.74, 6) is -2.30. The maximum Gasteiger partial charge on any atom is 0.212 e. The maximum atomic E-state index is 15.6. The third-order valence-corrected chi connectivity index (χ3v) is 40.7. The minimum absolute atomic E-state index is 0.0641. The van der Waals surface area contributed by atoms with Gasteiger partial charge in [0.2, 0.25) is 11.8 Å². The Morgan fingerprint density at radius 1 is 0.424 bits per heavy atom. The van der Waals surface area contributed by atoms with E-state index in [9.17, 15) is 5.11 Å². The smallest absolute Gasteiger partial charge is 0.212 e. The number of nitrogens with one attached hydrogen (secondary N) is 1. The Kier molecular flexibility index (Phi) is 29.7. The Labute approximate surface area is 786 Å². The van der Waals surface area contributed by atoms with Gasteiger partial charge in [0.15, 0.2) is 40.8 Å². The molecule has 3 aromatic carbocycles. The summed E-state index contributed by atoms with van der Waals surface area (Å²) in [6.45, 7) is 50.5. The van der Waals surface area contributed by atoms with Gasteiger partial charge in [0.25, 0.3) is 0 Å². The van der Waals surface area contributed by atoms with Crippen LogP contribution >= 0.6 is 22.6 Å². The molecule has 18 rings (SSSR count). The molecule has 0 spiro atoms. The predicted molar refractivity (Wildman–Crippen MR) is 513 cm³/mol. The zero-order chi connectivity index (χ0) is 94.0. The zero-order valence-electron chi connectivity index (χ0n) is 79.0. The number of nitrogens with zero attached hydrogens (tertiary/aromatic N) is 8. The lowest BCUT2D eigenvalue weighted by molar-refractivity contribution is 0.00782. The molecule has 132 heavy (non-hydrogen) atoms. The Morgan fingerprint density at radius 2 is 0.758 bits per heavy atom. The van der Waals surface area contributed by atoms with Crippen molar-refractivity contribution in [3.63, 3.8) is 0 Å². The number of aryl methyl sites for hydroxylation is 2. The van der Waals surface area contributed by atoms with Gasteiger partial charge in [-0.05, 0) is 158 Å². The Morgan fingerprint density at radius 3 is 1.17 bits per heavy atom. The fourth-order valence-electron chi connectivity index (χ4n) is 17.6. The van der Waals surface area contributed by atoms with Gasteiger partial charge in [0.05, 0.1) is 153 Å². The highest BCUT2D eigenvalue weighted by Gasteiger charge is 2.55. The van der Waals surface area contributed by atoms with Crippen LogP contribution < -0.4 is 28.9 Å². The number of fused-ring (bicyclic) bond motifs is 6. The van der Waals surface area contributed by atoms with E-state index >= 15 is 26.3 Å². The number of benzene rings is 3. The SMILES string of the molecule is CC(C)(C)[Si](C)(C)O[C@@H]1CO[C@H]2[C@@H]1OC[C@H]2Oc1c(I)c2nc(-c3c(F)cc(N4CCOCC4)cc3F)ccc2n1COCC[Si](C)(C)C.Cc1c(O[C@@H]2CO[C@H]3[C@@H]2OC[C@H]3O)[nH]c2ccc(-c3c(F)cc(N4CCOCC4)cc3F)nc12.Cc1c(O[C@@H]2CO[C@H]3[C@@H]2OC[C@H]3O[Si](C)(C)C(C)(C)C)n(COCC[Si](C)(C)C)c2ccc(-c3c(F)cc(N4CCOCC4)cc3F)nc12. The summed E-state index contributed by atoms with van der Waals surface area (Å²) in [7, 11) is -6.70. The standard InChI is InChI=1S/C36H53F2N3O6Si2.C35H50F2IN3O6Si2.C24H25F2N3O5/c1-23-32-28(11-10-27(39-32)31-25(37)18-24(19-26(31)38)40-12-14-42-15-13-40)41(22-43-16-17-48(5,6)7)35(23)46-29-20-44-34-30(21-45-33(29)34)47-49(8,9)36(2,3)4;1-35(2,3)49(7,8)47-28-20-45-32-27(19-44-33(28)32)46-34-30(38)31-26(41(34)21-43-15-16-48(4,5)6)10-9-25(39-31)29-23(36)17-22(18-24(29)37)40-11-13-42-14-12-40;1-12-21-17(28-24(12)34-19-11-33-22-18(30)10-32-23(19)22)3-2-16(27-21)20-14(25)8-13(9-15(20)26)29-4-6-31-7-5-29/h10-11,18-19,29-30,33-34H,12-17,20-22H2,1-9H3;9-10,17-18,27-28,32-33H,11-16,19-21H2,1-8H3;2-3,8-9,18-19,22-23,28,30H,4-7,10-11H2,1H3/t29-,30-,33-,34-;27-,28-,32-,33-;18-,19-,22-,23-/m111/s1. The number of halogens is 7. The molecule has 0 radical (unpaired) electrons. The van der Waals surface area contributed by atoms with E-state index < -0.39 is 79.9 Å². The third kappa shape index (κ3) is 21.2. The van der Waals surface area contributed by atoms with Crippen LogP contribution in [0.3, 0.4) is 0 Å². The summed E-state index contributed by atoms with van der Waals surface area (Å²) in [6, 6.07) is 20.6.